The van der Waals surface area contributed by atoms with E-state index in [-0.39, 0.29) is 36.1 Å². The van der Waals surface area contributed by atoms with Crippen LogP contribution < -0.4 is 5.32 Å². The van der Waals surface area contributed by atoms with Gasteiger partial charge in [0.1, 0.15) is 6.54 Å². The van der Waals surface area contributed by atoms with Gasteiger partial charge in [-0.05, 0) is 24.3 Å². The van der Waals surface area contributed by atoms with Gasteiger partial charge in [-0.2, -0.15) is 0 Å². The van der Waals surface area contributed by atoms with Crippen molar-refractivity contribution in [2.45, 2.75) is 25.7 Å². The van der Waals surface area contributed by atoms with E-state index >= 15 is 0 Å². The molecule has 2 aromatic carbocycles. The number of rotatable bonds is 3. The van der Waals surface area contributed by atoms with Gasteiger partial charge in [0.25, 0.3) is 0 Å². The number of thiazole rings is 1. The van der Waals surface area contributed by atoms with Crippen LogP contribution in [0.4, 0.5) is 5.13 Å². The summed E-state index contributed by atoms with van der Waals surface area (Å²) in [6.07, 6.45) is 3.44. The average molecular weight is 393 g/mol. The number of nitrogens with one attached hydrogen (secondary N) is 1. The summed E-state index contributed by atoms with van der Waals surface area (Å²) in [4.78, 5) is 43.3. The molecule has 28 heavy (non-hydrogen) atoms. The summed E-state index contributed by atoms with van der Waals surface area (Å²) in [5, 5.41) is 5.37. The Balaban J connectivity index is 1.35. The molecule has 0 spiro atoms. The molecule has 1 saturated heterocycles. The van der Waals surface area contributed by atoms with Crippen LogP contribution in [-0.4, -0.2) is 34.2 Å². The number of anilines is 1. The normalized spacial score (nSPS) is 22.1. The number of aromatic nitrogens is 1. The molecule has 1 saturated carbocycles. The summed E-state index contributed by atoms with van der Waals surface area (Å²) in [5.74, 6) is -1.24. The highest BCUT2D eigenvalue weighted by Crippen LogP contribution is 2.38. The first-order valence-corrected chi connectivity index (χ1v) is 10.4. The number of fused-ring (bicyclic) bond motifs is 4. The van der Waals surface area contributed by atoms with Crippen LogP contribution in [0.15, 0.2) is 36.4 Å². The van der Waals surface area contributed by atoms with Crippen LogP contribution in [0.1, 0.15) is 25.7 Å². The Morgan fingerprint density at radius 1 is 1.07 bits per heavy atom. The maximum Gasteiger partial charge on any atom is 0.246 e. The molecule has 0 radical (unpaired) electrons. The van der Waals surface area contributed by atoms with Crippen molar-refractivity contribution < 1.29 is 14.4 Å². The third-order valence-electron chi connectivity index (χ3n) is 5.76. The number of likely N-dealkylation sites (tertiary alicyclic amines) is 1. The SMILES string of the molecule is O=C(CN1C(=O)C2CCCCC2C1=O)Nc1nc2c(ccc3ccccc32)s1. The van der Waals surface area contributed by atoms with Gasteiger partial charge < -0.3 is 5.32 Å². The second-order valence-electron chi connectivity index (χ2n) is 7.46. The van der Waals surface area contributed by atoms with Crippen LogP contribution in [0.25, 0.3) is 21.0 Å². The lowest BCUT2D eigenvalue weighted by atomic mass is 9.81. The van der Waals surface area contributed by atoms with Crippen molar-refractivity contribution in [1.82, 2.24) is 9.88 Å². The van der Waals surface area contributed by atoms with Crippen molar-refractivity contribution in [3.63, 3.8) is 0 Å². The Morgan fingerprint density at radius 2 is 1.79 bits per heavy atom. The van der Waals surface area contributed by atoms with Gasteiger partial charge in [0, 0.05) is 5.39 Å². The molecule has 2 aliphatic rings. The first-order valence-electron chi connectivity index (χ1n) is 9.55. The molecule has 1 aromatic heterocycles. The molecule has 1 N–H and O–H groups in total. The maximum atomic E-state index is 12.5. The maximum absolute atomic E-state index is 12.5. The second kappa shape index (κ2) is 6.67. The van der Waals surface area contributed by atoms with Crippen molar-refractivity contribution in [3.05, 3.63) is 36.4 Å². The summed E-state index contributed by atoms with van der Waals surface area (Å²) >= 11 is 1.39. The first-order chi connectivity index (χ1) is 13.6. The van der Waals surface area contributed by atoms with Crippen LogP contribution in [0.3, 0.4) is 0 Å². The minimum Gasteiger partial charge on any atom is -0.300 e. The molecular weight excluding hydrogens is 374 g/mol. The molecule has 7 heteroatoms. The molecule has 3 aromatic rings. The zero-order valence-electron chi connectivity index (χ0n) is 15.2. The van der Waals surface area contributed by atoms with E-state index < -0.39 is 0 Å². The third-order valence-corrected chi connectivity index (χ3v) is 6.70. The number of carbonyl (C=O) groups is 3. The predicted octanol–water partition coefficient (Wildman–Crippen LogP) is 3.56. The molecule has 1 aliphatic heterocycles. The third kappa shape index (κ3) is 2.77. The molecule has 2 fully saturated rings. The molecule has 0 bridgehead atoms. The lowest BCUT2D eigenvalue weighted by Gasteiger charge is -2.19. The van der Waals surface area contributed by atoms with Gasteiger partial charge in [-0.15, -0.1) is 0 Å². The molecule has 2 heterocycles. The van der Waals surface area contributed by atoms with Crippen LogP contribution >= 0.6 is 11.3 Å². The van der Waals surface area contributed by atoms with Crippen LogP contribution in [0.2, 0.25) is 0 Å². The van der Waals surface area contributed by atoms with Crippen LogP contribution in [-0.2, 0) is 14.4 Å². The number of benzene rings is 2. The standard InChI is InChI=1S/C21H19N3O3S/c25-17(11-24-19(26)14-7-3-4-8-15(14)20(24)27)22-21-23-18-13-6-2-1-5-12(13)9-10-16(18)28-21/h1-2,5-6,9-10,14-15H,3-4,7-8,11H2,(H,22,23,25). The molecule has 142 valence electrons. The number of nitrogens with zero attached hydrogens (tertiary/aromatic N) is 2. The lowest BCUT2D eigenvalue weighted by Crippen LogP contribution is -2.38. The van der Waals surface area contributed by atoms with E-state index in [1.807, 2.05) is 36.4 Å². The Morgan fingerprint density at radius 3 is 2.54 bits per heavy atom. The van der Waals surface area contributed by atoms with Crippen LogP contribution in [0, 0.1) is 11.8 Å². The highest BCUT2D eigenvalue weighted by Gasteiger charge is 2.48. The largest absolute Gasteiger partial charge is 0.300 e. The summed E-state index contributed by atoms with van der Waals surface area (Å²) in [5.41, 5.74) is 0.845. The highest BCUT2D eigenvalue weighted by molar-refractivity contribution is 7.22. The van der Waals surface area contributed by atoms with E-state index in [0.717, 1.165) is 51.6 Å². The Kier molecular flexibility index (Phi) is 4.12. The van der Waals surface area contributed by atoms with Crippen molar-refractivity contribution >= 4 is 55.2 Å². The van der Waals surface area contributed by atoms with Crippen molar-refractivity contribution in [1.29, 1.82) is 0 Å². The van der Waals surface area contributed by atoms with Crippen LogP contribution in [0.5, 0.6) is 0 Å². The molecule has 6 nitrogen and oxygen atoms in total. The van der Waals surface area contributed by atoms with Gasteiger partial charge in [-0.3, -0.25) is 19.3 Å². The topological polar surface area (TPSA) is 79.4 Å². The van der Waals surface area contributed by atoms with Crippen molar-refractivity contribution in [2.75, 3.05) is 11.9 Å². The molecule has 3 amide bonds. The smallest absolute Gasteiger partial charge is 0.246 e. The zero-order valence-corrected chi connectivity index (χ0v) is 16.0. The van der Waals surface area contributed by atoms with E-state index in [0.29, 0.717) is 5.13 Å². The minimum atomic E-state index is -0.385. The van der Waals surface area contributed by atoms with E-state index in [1.165, 1.54) is 11.3 Å². The Labute approximate surface area is 165 Å². The fourth-order valence-corrected chi connectivity index (χ4v) is 5.30. The number of imide groups is 1. The van der Waals surface area contributed by atoms with E-state index in [2.05, 4.69) is 10.3 Å². The number of hydrogen-bond donors (Lipinski definition) is 1. The Bertz CT molecular complexity index is 1100. The monoisotopic (exact) mass is 393 g/mol. The summed E-state index contributed by atoms with van der Waals surface area (Å²) in [6, 6.07) is 12.0. The molecule has 2 unspecified atom stereocenters. The fraction of sp³-hybridized carbons (Fsp3) is 0.333. The number of hydrogen-bond acceptors (Lipinski definition) is 5. The summed E-state index contributed by atoms with van der Waals surface area (Å²) in [6.45, 7) is -0.235. The fourth-order valence-electron chi connectivity index (χ4n) is 4.40. The molecule has 2 atom stereocenters. The van der Waals surface area contributed by atoms with Crippen molar-refractivity contribution in [2.24, 2.45) is 11.8 Å². The highest BCUT2D eigenvalue weighted by atomic mass is 32.1. The average Bonchev–Trinajstić information content (AvgIpc) is 3.23. The first kappa shape index (κ1) is 17.3. The van der Waals surface area contributed by atoms with Gasteiger partial charge in [0.05, 0.1) is 22.1 Å². The molecular formula is C21H19N3O3S. The van der Waals surface area contributed by atoms with Gasteiger partial charge in [-0.1, -0.05) is 54.5 Å². The van der Waals surface area contributed by atoms with Gasteiger partial charge >= 0.3 is 0 Å². The van der Waals surface area contributed by atoms with E-state index in [9.17, 15) is 14.4 Å². The van der Waals surface area contributed by atoms with E-state index in [1.54, 1.807) is 0 Å². The molecule has 1 aliphatic carbocycles. The van der Waals surface area contributed by atoms with E-state index in [4.69, 9.17) is 0 Å². The van der Waals surface area contributed by atoms with Gasteiger partial charge in [-0.25, -0.2) is 4.98 Å². The minimum absolute atomic E-state index is 0.194. The molecule has 5 rings (SSSR count). The quantitative estimate of drug-likeness (QED) is 0.690. The second-order valence-corrected chi connectivity index (χ2v) is 8.49. The Hall–Kier alpha value is -2.80. The lowest BCUT2D eigenvalue weighted by molar-refractivity contribution is -0.142. The van der Waals surface area contributed by atoms with Gasteiger partial charge in [0.15, 0.2) is 5.13 Å². The number of amides is 3. The number of carbonyl (C=O) groups excluding carboxylic acids is 3. The predicted molar refractivity (Wildman–Crippen MR) is 108 cm³/mol. The summed E-state index contributed by atoms with van der Waals surface area (Å²) in [7, 11) is 0. The zero-order chi connectivity index (χ0) is 19.3. The van der Waals surface area contributed by atoms with Crippen molar-refractivity contribution in [3.8, 4) is 0 Å². The summed E-state index contributed by atoms with van der Waals surface area (Å²) < 4.78 is 0.980. The van der Waals surface area contributed by atoms with Gasteiger partial charge in [0.2, 0.25) is 17.7 Å².